The summed E-state index contributed by atoms with van der Waals surface area (Å²) in [7, 11) is 0. The number of carboxylic acid groups (broad SMARTS) is 1. The number of ether oxygens (including phenoxy) is 1. The summed E-state index contributed by atoms with van der Waals surface area (Å²) in [6, 6.07) is 5.88. The number of rotatable bonds is 7. The largest absolute Gasteiger partial charge is 0.490 e. The minimum atomic E-state index is -0.748. The van der Waals surface area contributed by atoms with Crippen LogP contribution in [0.15, 0.2) is 30.9 Å². The minimum absolute atomic E-state index is 0.206. The Hall–Kier alpha value is -1.77. The number of hydrogen-bond acceptors (Lipinski definition) is 2. The van der Waals surface area contributed by atoms with Crippen molar-refractivity contribution in [2.24, 2.45) is 0 Å². The molecule has 0 aliphatic carbocycles. The summed E-state index contributed by atoms with van der Waals surface area (Å²) in [6.45, 7) is 6.10. The molecule has 0 unspecified atom stereocenters. The van der Waals surface area contributed by atoms with Gasteiger partial charge >= 0.3 is 5.97 Å². The molecule has 92 valence electrons. The molecule has 1 rings (SSSR count). The Morgan fingerprint density at radius 2 is 2.29 bits per heavy atom. The number of aliphatic carboxylic acids is 1. The Labute approximate surface area is 102 Å². The zero-order valence-corrected chi connectivity index (χ0v) is 10.1. The molecule has 0 atom stereocenters. The Balaban J connectivity index is 2.62. The maximum absolute atomic E-state index is 10.4. The monoisotopic (exact) mass is 234 g/mol. The van der Waals surface area contributed by atoms with Gasteiger partial charge in [0.05, 0.1) is 0 Å². The van der Waals surface area contributed by atoms with Crippen molar-refractivity contribution in [1.29, 1.82) is 0 Å². The van der Waals surface area contributed by atoms with Crippen molar-refractivity contribution in [3.05, 3.63) is 42.0 Å². The predicted molar refractivity (Wildman–Crippen MR) is 67.4 cm³/mol. The van der Waals surface area contributed by atoms with E-state index in [-0.39, 0.29) is 6.42 Å². The van der Waals surface area contributed by atoms with Crippen LogP contribution in [0.4, 0.5) is 0 Å². The molecule has 3 heteroatoms. The molecule has 0 aliphatic heterocycles. The quantitative estimate of drug-likeness (QED) is 0.738. The van der Waals surface area contributed by atoms with Gasteiger partial charge in [0.25, 0.3) is 0 Å². The van der Waals surface area contributed by atoms with E-state index >= 15 is 0 Å². The molecule has 0 saturated heterocycles. The molecule has 3 nitrogen and oxygen atoms in total. The zero-order chi connectivity index (χ0) is 12.7. The first-order valence-corrected chi connectivity index (χ1v) is 5.68. The highest BCUT2D eigenvalue weighted by molar-refractivity contribution is 5.66. The van der Waals surface area contributed by atoms with Gasteiger partial charge in [-0.2, -0.15) is 0 Å². The van der Waals surface area contributed by atoms with Crippen molar-refractivity contribution in [2.75, 3.05) is 6.61 Å². The van der Waals surface area contributed by atoms with Crippen LogP contribution in [0.25, 0.3) is 0 Å². The van der Waals surface area contributed by atoms with E-state index in [9.17, 15) is 4.79 Å². The summed E-state index contributed by atoms with van der Waals surface area (Å²) >= 11 is 0. The maximum Gasteiger partial charge on any atom is 0.303 e. The van der Waals surface area contributed by atoms with E-state index in [4.69, 9.17) is 9.84 Å². The highest BCUT2D eigenvalue weighted by atomic mass is 16.5. The Morgan fingerprint density at radius 3 is 2.94 bits per heavy atom. The topological polar surface area (TPSA) is 46.5 Å². The number of benzene rings is 1. The van der Waals surface area contributed by atoms with Gasteiger partial charge in [-0.15, -0.1) is 0 Å². The molecular formula is C14H18O3. The van der Waals surface area contributed by atoms with E-state index < -0.39 is 5.97 Å². The molecule has 17 heavy (non-hydrogen) atoms. The van der Waals surface area contributed by atoms with Gasteiger partial charge in [0.1, 0.15) is 12.4 Å². The molecule has 1 aromatic rings. The highest BCUT2D eigenvalue weighted by Crippen LogP contribution is 2.19. The minimum Gasteiger partial charge on any atom is -0.490 e. The second-order valence-corrected chi connectivity index (χ2v) is 3.94. The van der Waals surface area contributed by atoms with Crippen LogP contribution in [0.2, 0.25) is 0 Å². The van der Waals surface area contributed by atoms with Crippen LogP contribution in [0, 0.1) is 6.92 Å². The lowest BCUT2D eigenvalue weighted by atomic mass is 10.0. The van der Waals surface area contributed by atoms with Crippen LogP contribution in [-0.2, 0) is 11.2 Å². The van der Waals surface area contributed by atoms with E-state index in [1.165, 1.54) is 5.56 Å². The van der Waals surface area contributed by atoms with Gasteiger partial charge in [0, 0.05) is 6.42 Å². The summed E-state index contributed by atoms with van der Waals surface area (Å²) in [5.41, 5.74) is 2.31. The van der Waals surface area contributed by atoms with Crippen molar-refractivity contribution in [3.63, 3.8) is 0 Å². The Morgan fingerprint density at radius 1 is 1.53 bits per heavy atom. The Kier molecular flexibility index (Phi) is 5.27. The summed E-state index contributed by atoms with van der Waals surface area (Å²) in [5, 5.41) is 8.60. The molecule has 0 heterocycles. The van der Waals surface area contributed by atoms with Gasteiger partial charge in [0.2, 0.25) is 0 Å². The maximum atomic E-state index is 10.4. The first kappa shape index (κ1) is 13.3. The first-order valence-electron chi connectivity index (χ1n) is 5.68. The number of carboxylic acids is 1. The molecule has 0 aromatic heterocycles. The molecule has 0 aliphatic rings. The standard InChI is InChI=1S/C14H18O3/c1-3-9-17-13-8-7-11(2)12(10-13)5-4-6-14(15)16/h3,7-8,10H,1,4-6,9H2,2H3,(H,15,16). The normalized spacial score (nSPS) is 9.94. The van der Waals surface area contributed by atoms with E-state index in [2.05, 4.69) is 6.58 Å². The third-order valence-electron chi connectivity index (χ3n) is 2.53. The smallest absolute Gasteiger partial charge is 0.303 e. The van der Waals surface area contributed by atoms with E-state index in [0.717, 1.165) is 17.7 Å². The van der Waals surface area contributed by atoms with Crippen LogP contribution in [0.3, 0.4) is 0 Å². The van der Waals surface area contributed by atoms with Crippen molar-refractivity contribution in [2.45, 2.75) is 26.2 Å². The van der Waals surface area contributed by atoms with E-state index in [0.29, 0.717) is 13.0 Å². The van der Waals surface area contributed by atoms with Crippen LogP contribution in [-0.4, -0.2) is 17.7 Å². The number of carbonyl (C=O) groups is 1. The second-order valence-electron chi connectivity index (χ2n) is 3.94. The first-order chi connectivity index (χ1) is 8.13. The summed E-state index contributed by atoms with van der Waals surface area (Å²) in [6.07, 6.45) is 3.33. The molecule has 1 aromatic carbocycles. The van der Waals surface area contributed by atoms with Crippen molar-refractivity contribution >= 4 is 5.97 Å². The summed E-state index contributed by atoms with van der Waals surface area (Å²) in [4.78, 5) is 10.4. The average molecular weight is 234 g/mol. The van der Waals surface area contributed by atoms with Gasteiger partial charge in [-0.1, -0.05) is 18.7 Å². The van der Waals surface area contributed by atoms with Crippen LogP contribution in [0.1, 0.15) is 24.0 Å². The number of aryl methyl sites for hydroxylation is 2. The van der Waals surface area contributed by atoms with Gasteiger partial charge in [0.15, 0.2) is 0 Å². The van der Waals surface area contributed by atoms with Crippen LogP contribution >= 0.6 is 0 Å². The fourth-order valence-electron chi connectivity index (χ4n) is 1.59. The van der Waals surface area contributed by atoms with Gasteiger partial charge in [-0.3, -0.25) is 4.79 Å². The van der Waals surface area contributed by atoms with E-state index in [1.54, 1.807) is 6.08 Å². The lowest BCUT2D eigenvalue weighted by Crippen LogP contribution is -1.98. The molecule has 0 saturated carbocycles. The lowest BCUT2D eigenvalue weighted by molar-refractivity contribution is -0.137. The molecule has 1 N–H and O–H groups in total. The van der Waals surface area contributed by atoms with Crippen LogP contribution in [0.5, 0.6) is 5.75 Å². The highest BCUT2D eigenvalue weighted by Gasteiger charge is 2.03. The Bertz CT molecular complexity index is 396. The fraction of sp³-hybridized carbons (Fsp3) is 0.357. The molecule has 0 amide bonds. The summed E-state index contributed by atoms with van der Waals surface area (Å²) in [5.74, 6) is 0.0579. The fourth-order valence-corrected chi connectivity index (χ4v) is 1.59. The SMILES string of the molecule is C=CCOc1ccc(C)c(CCCC(=O)O)c1. The van der Waals surface area contributed by atoms with Crippen molar-refractivity contribution in [1.82, 2.24) is 0 Å². The molecule has 0 bridgehead atoms. The van der Waals surface area contributed by atoms with E-state index in [1.807, 2.05) is 25.1 Å². The molecule has 0 fully saturated rings. The third-order valence-corrected chi connectivity index (χ3v) is 2.53. The van der Waals surface area contributed by atoms with Crippen LogP contribution < -0.4 is 4.74 Å². The van der Waals surface area contributed by atoms with Gasteiger partial charge < -0.3 is 9.84 Å². The van der Waals surface area contributed by atoms with Crippen molar-refractivity contribution < 1.29 is 14.6 Å². The lowest BCUT2D eigenvalue weighted by Gasteiger charge is -2.09. The summed E-state index contributed by atoms with van der Waals surface area (Å²) < 4.78 is 5.44. The van der Waals surface area contributed by atoms with Crippen molar-refractivity contribution in [3.8, 4) is 5.75 Å². The zero-order valence-electron chi connectivity index (χ0n) is 10.1. The third kappa shape index (κ3) is 4.72. The second kappa shape index (κ2) is 6.74. The van der Waals surface area contributed by atoms with Gasteiger partial charge in [-0.05, 0) is 43.0 Å². The van der Waals surface area contributed by atoms with Gasteiger partial charge in [-0.25, -0.2) is 0 Å². The average Bonchev–Trinajstić information content (AvgIpc) is 2.29. The number of hydrogen-bond donors (Lipinski definition) is 1. The molecule has 0 radical (unpaired) electrons. The predicted octanol–water partition coefficient (Wildman–Crippen LogP) is 2.97. The molecular weight excluding hydrogens is 216 g/mol. The molecule has 0 spiro atoms.